The number of amides is 2. The molecule has 0 saturated carbocycles. The van der Waals surface area contributed by atoms with Crippen molar-refractivity contribution in [2.75, 3.05) is 17.6 Å². The Bertz CT molecular complexity index is 604. The summed E-state index contributed by atoms with van der Waals surface area (Å²) < 4.78 is 0.947. The summed E-state index contributed by atoms with van der Waals surface area (Å²) in [5.41, 5.74) is 1.85. The summed E-state index contributed by atoms with van der Waals surface area (Å²) in [6.07, 6.45) is 0. The Morgan fingerprint density at radius 1 is 1.19 bits per heavy atom. The maximum absolute atomic E-state index is 11.8. The molecule has 0 spiro atoms. The van der Waals surface area contributed by atoms with Crippen LogP contribution in [0.1, 0.15) is 5.56 Å². The number of halogens is 1. The molecule has 0 saturated heterocycles. The Kier molecular flexibility index (Phi) is 6.14. The van der Waals surface area contributed by atoms with Crippen molar-refractivity contribution in [1.82, 2.24) is 5.32 Å². The average molecular weight is 365 g/mol. The van der Waals surface area contributed by atoms with Crippen LogP contribution in [0.4, 0.5) is 10.5 Å². The maximum atomic E-state index is 11.8. The van der Waals surface area contributed by atoms with Gasteiger partial charge in [0.2, 0.25) is 0 Å². The minimum atomic E-state index is -0.176. The van der Waals surface area contributed by atoms with E-state index < -0.39 is 0 Å². The number of urea groups is 1. The lowest BCUT2D eigenvalue weighted by Gasteiger charge is -2.10. The molecule has 0 fully saturated rings. The van der Waals surface area contributed by atoms with Crippen LogP contribution >= 0.6 is 27.7 Å². The van der Waals surface area contributed by atoms with E-state index in [1.165, 1.54) is 4.90 Å². The van der Waals surface area contributed by atoms with Gasteiger partial charge in [-0.25, -0.2) is 4.79 Å². The van der Waals surface area contributed by atoms with Gasteiger partial charge in [-0.2, -0.15) is 0 Å². The van der Waals surface area contributed by atoms with Gasteiger partial charge < -0.3 is 10.6 Å². The van der Waals surface area contributed by atoms with Gasteiger partial charge in [0.1, 0.15) is 0 Å². The quantitative estimate of drug-likeness (QED) is 0.597. The summed E-state index contributed by atoms with van der Waals surface area (Å²) in [5.74, 6) is 0.842. The van der Waals surface area contributed by atoms with Gasteiger partial charge in [-0.1, -0.05) is 40.2 Å². The molecule has 0 radical (unpaired) electrons. The Hall–Kier alpha value is -1.46. The topological polar surface area (TPSA) is 41.1 Å². The molecule has 0 heterocycles. The molecule has 0 atom stereocenters. The molecular weight excluding hydrogens is 348 g/mol. The third-order valence-electron chi connectivity index (χ3n) is 2.85. The first-order valence-electron chi connectivity index (χ1n) is 6.64. The summed E-state index contributed by atoms with van der Waals surface area (Å²) >= 11 is 5.13. The molecule has 5 heteroatoms. The molecular formula is C16H17BrN2OS. The largest absolute Gasteiger partial charge is 0.337 e. The van der Waals surface area contributed by atoms with Crippen LogP contribution in [0.15, 0.2) is 57.9 Å². The molecule has 0 aliphatic rings. The van der Waals surface area contributed by atoms with E-state index in [1.54, 1.807) is 11.8 Å². The summed E-state index contributed by atoms with van der Waals surface area (Å²) in [4.78, 5) is 13.1. The zero-order chi connectivity index (χ0) is 15.1. The summed E-state index contributed by atoms with van der Waals surface area (Å²) in [6.45, 7) is 2.59. The van der Waals surface area contributed by atoms with Gasteiger partial charge in [0.05, 0.1) is 0 Å². The predicted octanol–water partition coefficient (Wildman–Crippen LogP) is 4.67. The van der Waals surface area contributed by atoms with Crippen molar-refractivity contribution in [2.45, 2.75) is 11.8 Å². The number of carbonyl (C=O) groups excluding carboxylic acids is 1. The van der Waals surface area contributed by atoms with E-state index in [4.69, 9.17) is 0 Å². The van der Waals surface area contributed by atoms with Crippen molar-refractivity contribution < 1.29 is 4.79 Å². The van der Waals surface area contributed by atoms with Crippen LogP contribution in [-0.2, 0) is 0 Å². The maximum Gasteiger partial charge on any atom is 0.319 e. The number of hydrogen-bond donors (Lipinski definition) is 2. The van der Waals surface area contributed by atoms with Crippen LogP contribution in [-0.4, -0.2) is 18.3 Å². The third-order valence-corrected chi connectivity index (χ3v) is 4.35. The Labute approximate surface area is 137 Å². The zero-order valence-corrected chi connectivity index (χ0v) is 14.1. The van der Waals surface area contributed by atoms with Crippen molar-refractivity contribution in [1.29, 1.82) is 0 Å². The molecule has 0 aliphatic heterocycles. The third kappa shape index (κ3) is 5.44. The standard InChI is InChI=1S/C16H17BrN2OS/c1-12-7-8-13(17)11-15(12)19-16(20)18-9-10-21-14-5-3-2-4-6-14/h2-8,11H,9-10H2,1H3,(H2,18,19,20). The Balaban J connectivity index is 1.74. The monoisotopic (exact) mass is 364 g/mol. The molecule has 2 aromatic carbocycles. The number of hydrogen-bond acceptors (Lipinski definition) is 2. The summed E-state index contributed by atoms with van der Waals surface area (Å²) in [7, 11) is 0. The Morgan fingerprint density at radius 2 is 1.95 bits per heavy atom. The lowest BCUT2D eigenvalue weighted by Crippen LogP contribution is -2.30. The molecule has 110 valence electrons. The van der Waals surface area contributed by atoms with Crippen LogP contribution in [0.3, 0.4) is 0 Å². The van der Waals surface area contributed by atoms with Gasteiger partial charge in [0.15, 0.2) is 0 Å². The minimum absolute atomic E-state index is 0.176. The van der Waals surface area contributed by atoms with Gasteiger partial charge in [-0.15, -0.1) is 11.8 Å². The van der Waals surface area contributed by atoms with Gasteiger partial charge in [0, 0.05) is 27.4 Å². The molecule has 21 heavy (non-hydrogen) atoms. The number of nitrogens with one attached hydrogen (secondary N) is 2. The number of anilines is 1. The second-order valence-corrected chi connectivity index (χ2v) is 6.59. The van der Waals surface area contributed by atoms with E-state index in [1.807, 2.05) is 43.3 Å². The molecule has 0 aromatic heterocycles. The lowest BCUT2D eigenvalue weighted by atomic mass is 10.2. The van der Waals surface area contributed by atoms with Crippen molar-refractivity contribution in [3.05, 3.63) is 58.6 Å². The molecule has 2 amide bonds. The molecule has 2 rings (SSSR count). The SMILES string of the molecule is Cc1ccc(Br)cc1NC(=O)NCCSc1ccccc1. The lowest BCUT2D eigenvalue weighted by molar-refractivity contribution is 0.252. The number of thioether (sulfide) groups is 1. The van der Waals surface area contributed by atoms with E-state index in [-0.39, 0.29) is 6.03 Å². The molecule has 2 N–H and O–H groups in total. The van der Waals surface area contributed by atoms with Gasteiger partial charge in [-0.05, 0) is 36.8 Å². The second-order valence-electron chi connectivity index (χ2n) is 4.50. The highest BCUT2D eigenvalue weighted by Gasteiger charge is 2.04. The fourth-order valence-corrected chi connectivity index (χ4v) is 2.90. The number of aryl methyl sites for hydroxylation is 1. The fraction of sp³-hybridized carbons (Fsp3) is 0.188. The van der Waals surface area contributed by atoms with Crippen LogP contribution in [0.25, 0.3) is 0 Å². The summed E-state index contributed by atoms with van der Waals surface area (Å²) in [5, 5.41) is 5.72. The van der Waals surface area contributed by atoms with Crippen LogP contribution in [0.2, 0.25) is 0 Å². The highest BCUT2D eigenvalue weighted by atomic mass is 79.9. The number of carbonyl (C=O) groups is 1. The number of benzene rings is 2. The van der Waals surface area contributed by atoms with E-state index in [0.29, 0.717) is 6.54 Å². The molecule has 0 unspecified atom stereocenters. The predicted molar refractivity (Wildman–Crippen MR) is 93.1 cm³/mol. The van der Waals surface area contributed by atoms with Crippen molar-refractivity contribution in [2.24, 2.45) is 0 Å². The smallest absolute Gasteiger partial charge is 0.319 e. The highest BCUT2D eigenvalue weighted by molar-refractivity contribution is 9.10. The van der Waals surface area contributed by atoms with E-state index in [2.05, 4.69) is 38.7 Å². The van der Waals surface area contributed by atoms with Gasteiger partial charge >= 0.3 is 6.03 Å². The molecule has 2 aromatic rings. The highest BCUT2D eigenvalue weighted by Crippen LogP contribution is 2.20. The van der Waals surface area contributed by atoms with Gasteiger partial charge in [0.25, 0.3) is 0 Å². The molecule has 0 bridgehead atoms. The van der Waals surface area contributed by atoms with Gasteiger partial charge in [-0.3, -0.25) is 0 Å². The van der Waals surface area contributed by atoms with Crippen molar-refractivity contribution >= 4 is 39.4 Å². The van der Waals surface area contributed by atoms with Crippen molar-refractivity contribution in [3.8, 4) is 0 Å². The zero-order valence-electron chi connectivity index (χ0n) is 11.7. The molecule has 0 aliphatic carbocycles. The van der Waals surface area contributed by atoms with Crippen LogP contribution in [0, 0.1) is 6.92 Å². The van der Waals surface area contributed by atoms with Crippen molar-refractivity contribution in [3.63, 3.8) is 0 Å². The minimum Gasteiger partial charge on any atom is -0.337 e. The van der Waals surface area contributed by atoms with Crippen LogP contribution in [0.5, 0.6) is 0 Å². The van der Waals surface area contributed by atoms with E-state index in [9.17, 15) is 4.79 Å². The first kappa shape index (κ1) is 15.9. The van der Waals surface area contributed by atoms with E-state index in [0.717, 1.165) is 21.5 Å². The number of rotatable bonds is 5. The Morgan fingerprint density at radius 3 is 2.71 bits per heavy atom. The first-order chi connectivity index (χ1) is 10.1. The summed E-state index contributed by atoms with van der Waals surface area (Å²) in [6, 6.07) is 15.8. The van der Waals surface area contributed by atoms with E-state index >= 15 is 0 Å². The fourth-order valence-electron chi connectivity index (χ4n) is 1.75. The molecule has 3 nitrogen and oxygen atoms in total. The van der Waals surface area contributed by atoms with Crippen LogP contribution < -0.4 is 10.6 Å². The normalized spacial score (nSPS) is 10.2. The second kappa shape index (κ2) is 8.10. The average Bonchev–Trinajstić information content (AvgIpc) is 2.48. The first-order valence-corrected chi connectivity index (χ1v) is 8.42.